The number of nitrogens with two attached hydrogens (primary N) is 1. The van der Waals surface area contributed by atoms with E-state index < -0.39 is 12.0 Å². The standard InChI is InChI=1S/C13H16N2O4/c1-2-18-8-12(16)15-7-11(13(14)17)19-10-6-4-3-5-9(10)15/h3-6,11H,2,7-8H2,1H3,(H2,14,17). The molecule has 2 rings (SSSR count). The molecule has 1 unspecified atom stereocenters. The summed E-state index contributed by atoms with van der Waals surface area (Å²) in [5.74, 6) is -0.338. The van der Waals surface area contributed by atoms with E-state index in [0.29, 0.717) is 18.0 Å². The molecular weight excluding hydrogens is 248 g/mol. The molecular formula is C13H16N2O4. The van der Waals surface area contributed by atoms with Gasteiger partial charge in [-0.3, -0.25) is 9.59 Å². The summed E-state index contributed by atoms with van der Waals surface area (Å²) in [6.45, 7) is 2.35. The number of nitrogens with zero attached hydrogens (tertiary/aromatic N) is 1. The third-order valence-electron chi connectivity index (χ3n) is 2.82. The van der Waals surface area contributed by atoms with Gasteiger partial charge in [0, 0.05) is 6.61 Å². The Balaban J connectivity index is 2.26. The second-order valence-corrected chi connectivity index (χ2v) is 4.12. The maximum absolute atomic E-state index is 12.1. The van der Waals surface area contributed by atoms with E-state index in [9.17, 15) is 9.59 Å². The minimum Gasteiger partial charge on any atom is -0.477 e. The van der Waals surface area contributed by atoms with Gasteiger partial charge in [0.15, 0.2) is 6.10 Å². The van der Waals surface area contributed by atoms with Gasteiger partial charge in [-0.1, -0.05) is 12.1 Å². The molecule has 102 valence electrons. The van der Waals surface area contributed by atoms with Crippen molar-refractivity contribution in [3.8, 4) is 5.75 Å². The van der Waals surface area contributed by atoms with Crippen LogP contribution in [0.1, 0.15) is 6.92 Å². The van der Waals surface area contributed by atoms with E-state index in [1.165, 1.54) is 4.90 Å². The third kappa shape index (κ3) is 2.85. The lowest BCUT2D eigenvalue weighted by molar-refractivity contribution is -0.126. The highest BCUT2D eigenvalue weighted by molar-refractivity contribution is 5.97. The first kappa shape index (κ1) is 13.4. The Morgan fingerprint density at radius 1 is 1.47 bits per heavy atom. The van der Waals surface area contributed by atoms with E-state index in [1.54, 1.807) is 24.3 Å². The summed E-state index contributed by atoms with van der Waals surface area (Å²) in [4.78, 5) is 24.8. The third-order valence-corrected chi connectivity index (χ3v) is 2.82. The maximum atomic E-state index is 12.1. The van der Waals surface area contributed by atoms with Crippen molar-refractivity contribution in [1.82, 2.24) is 0 Å². The van der Waals surface area contributed by atoms with Gasteiger partial charge in [-0.2, -0.15) is 0 Å². The molecule has 2 amide bonds. The van der Waals surface area contributed by atoms with Gasteiger partial charge in [-0.05, 0) is 19.1 Å². The Morgan fingerprint density at radius 3 is 2.89 bits per heavy atom. The van der Waals surface area contributed by atoms with Crippen LogP contribution in [-0.2, 0) is 14.3 Å². The minimum absolute atomic E-state index is 0.0314. The monoisotopic (exact) mass is 264 g/mol. The Labute approximate surface area is 111 Å². The van der Waals surface area contributed by atoms with Gasteiger partial charge in [0.25, 0.3) is 11.8 Å². The van der Waals surface area contributed by atoms with Gasteiger partial charge in [0.2, 0.25) is 0 Å². The number of hydrogen-bond donors (Lipinski definition) is 1. The number of carbonyl (C=O) groups excluding carboxylic acids is 2. The Morgan fingerprint density at radius 2 is 2.21 bits per heavy atom. The summed E-state index contributed by atoms with van der Waals surface area (Å²) in [6.07, 6.45) is -0.833. The topological polar surface area (TPSA) is 81.9 Å². The quantitative estimate of drug-likeness (QED) is 0.848. The van der Waals surface area contributed by atoms with Crippen LogP contribution in [-0.4, -0.2) is 37.7 Å². The molecule has 1 atom stereocenters. The fourth-order valence-corrected chi connectivity index (χ4v) is 1.89. The van der Waals surface area contributed by atoms with Crippen LogP contribution in [0.5, 0.6) is 5.75 Å². The summed E-state index contributed by atoms with van der Waals surface area (Å²) in [5.41, 5.74) is 5.88. The van der Waals surface area contributed by atoms with Gasteiger partial charge in [-0.15, -0.1) is 0 Å². The molecule has 0 spiro atoms. The summed E-state index contributed by atoms with van der Waals surface area (Å²) in [7, 11) is 0. The van der Waals surface area contributed by atoms with Crippen molar-refractivity contribution in [3.63, 3.8) is 0 Å². The molecule has 0 fully saturated rings. The molecule has 0 radical (unpaired) electrons. The van der Waals surface area contributed by atoms with Gasteiger partial charge >= 0.3 is 0 Å². The largest absolute Gasteiger partial charge is 0.477 e. The number of fused-ring (bicyclic) bond motifs is 1. The number of para-hydroxylation sites is 2. The van der Waals surface area contributed by atoms with E-state index in [2.05, 4.69) is 0 Å². The average Bonchev–Trinajstić information content (AvgIpc) is 2.43. The Bertz CT molecular complexity index is 489. The second kappa shape index (κ2) is 5.71. The van der Waals surface area contributed by atoms with Crippen LogP contribution in [0.2, 0.25) is 0 Å². The molecule has 19 heavy (non-hydrogen) atoms. The smallest absolute Gasteiger partial charge is 0.260 e. The van der Waals surface area contributed by atoms with Crippen molar-refractivity contribution in [3.05, 3.63) is 24.3 Å². The van der Waals surface area contributed by atoms with Crippen LogP contribution >= 0.6 is 0 Å². The lowest BCUT2D eigenvalue weighted by Crippen LogP contribution is -2.50. The number of carbonyl (C=O) groups is 2. The van der Waals surface area contributed by atoms with Crippen LogP contribution in [0.15, 0.2) is 24.3 Å². The Hall–Kier alpha value is -2.08. The zero-order valence-electron chi connectivity index (χ0n) is 10.7. The molecule has 1 aromatic carbocycles. The number of ether oxygens (including phenoxy) is 2. The molecule has 1 heterocycles. The molecule has 6 nitrogen and oxygen atoms in total. The van der Waals surface area contributed by atoms with Crippen LogP contribution in [0, 0.1) is 0 Å². The SMILES string of the molecule is CCOCC(=O)N1CC(C(N)=O)Oc2ccccc21. The number of benzene rings is 1. The van der Waals surface area contributed by atoms with Crippen LogP contribution in [0.25, 0.3) is 0 Å². The molecule has 0 aliphatic carbocycles. The van der Waals surface area contributed by atoms with E-state index in [1.807, 2.05) is 6.92 Å². The molecule has 6 heteroatoms. The zero-order valence-corrected chi connectivity index (χ0v) is 10.7. The van der Waals surface area contributed by atoms with Gasteiger partial charge in [0.1, 0.15) is 12.4 Å². The number of anilines is 1. The van der Waals surface area contributed by atoms with Gasteiger partial charge in [0.05, 0.1) is 12.2 Å². The van der Waals surface area contributed by atoms with Gasteiger partial charge in [-0.25, -0.2) is 0 Å². The minimum atomic E-state index is -0.833. The van der Waals surface area contributed by atoms with E-state index in [4.69, 9.17) is 15.2 Å². The van der Waals surface area contributed by atoms with Gasteiger partial charge < -0.3 is 20.1 Å². The summed E-state index contributed by atoms with van der Waals surface area (Å²) < 4.78 is 10.6. The highest BCUT2D eigenvalue weighted by Gasteiger charge is 2.32. The highest BCUT2D eigenvalue weighted by atomic mass is 16.5. The second-order valence-electron chi connectivity index (χ2n) is 4.12. The molecule has 1 aliphatic rings. The molecule has 0 aromatic heterocycles. The summed E-state index contributed by atoms with van der Waals surface area (Å²) in [6, 6.07) is 7.03. The van der Waals surface area contributed by atoms with Crippen molar-refractivity contribution in [2.75, 3.05) is 24.7 Å². The molecule has 0 saturated heterocycles. The predicted octanol–water partition coefficient (Wildman–Crippen LogP) is 0.302. The highest BCUT2D eigenvalue weighted by Crippen LogP contribution is 2.33. The van der Waals surface area contributed by atoms with Crippen molar-refractivity contribution in [1.29, 1.82) is 0 Å². The molecule has 1 aliphatic heterocycles. The van der Waals surface area contributed by atoms with E-state index >= 15 is 0 Å². The van der Waals surface area contributed by atoms with E-state index in [0.717, 1.165) is 0 Å². The normalized spacial score (nSPS) is 17.5. The first-order chi connectivity index (χ1) is 9.13. The number of amides is 2. The molecule has 1 aromatic rings. The first-order valence-electron chi connectivity index (χ1n) is 6.06. The van der Waals surface area contributed by atoms with E-state index in [-0.39, 0.29) is 19.1 Å². The fourth-order valence-electron chi connectivity index (χ4n) is 1.89. The first-order valence-corrected chi connectivity index (χ1v) is 6.06. The number of hydrogen-bond acceptors (Lipinski definition) is 4. The molecule has 0 bridgehead atoms. The van der Waals surface area contributed by atoms with Crippen LogP contribution in [0.3, 0.4) is 0 Å². The van der Waals surface area contributed by atoms with Crippen molar-refractivity contribution in [2.24, 2.45) is 5.73 Å². The summed E-state index contributed by atoms with van der Waals surface area (Å²) >= 11 is 0. The molecule has 0 saturated carbocycles. The van der Waals surface area contributed by atoms with Crippen LogP contribution in [0.4, 0.5) is 5.69 Å². The van der Waals surface area contributed by atoms with Crippen LogP contribution < -0.4 is 15.4 Å². The summed E-state index contributed by atoms with van der Waals surface area (Å²) in [5, 5.41) is 0. The van der Waals surface area contributed by atoms with Crippen molar-refractivity contribution in [2.45, 2.75) is 13.0 Å². The number of primary amides is 1. The van der Waals surface area contributed by atoms with Crippen molar-refractivity contribution >= 4 is 17.5 Å². The molecule has 2 N–H and O–H groups in total. The average molecular weight is 264 g/mol. The fraction of sp³-hybridized carbons (Fsp3) is 0.385. The van der Waals surface area contributed by atoms with Crippen molar-refractivity contribution < 1.29 is 19.1 Å². The number of rotatable bonds is 4. The lowest BCUT2D eigenvalue weighted by atomic mass is 10.2. The Kier molecular flexibility index (Phi) is 4.01. The predicted molar refractivity (Wildman–Crippen MR) is 68.9 cm³/mol. The lowest BCUT2D eigenvalue weighted by Gasteiger charge is -2.33. The maximum Gasteiger partial charge on any atom is 0.260 e. The zero-order chi connectivity index (χ0) is 13.8.